The minimum absolute atomic E-state index is 0.0112. The molecular weight excluding hydrogens is 351 g/mol. The smallest absolute Gasteiger partial charge is 0.289 e. The number of ether oxygens (including phenoxy) is 1. The molecule has 2 aliphatic heterocycles. The molecule has 0 aliphatic carbocycles. The van der Waals surface area contributed by atoms with E-state index in [4.69, 9.17) is 9.15 Å². The van der Waals surface area contributed by atoms with E-state index in [1.165, 1.54) is 12.1 Å². The summed E-state index contributed by atoms with van der Waals surface area (Å²) in [5.74, 6) is 0.443. The van der Waals surface area contributed by atoms with E-state index in [1.54, 1.807) is 41.0 Å². The Bertz CT molecular complexity index is 853. The van der Waals surface area contributed by atoms with Gasteiger partial charge in [-0.1, -0.05) is 0 Å². The summed E-state index contributed by atoms with van der Waals surface area (Å²) in [6.45, 7) is 3.26. The van der Waals surface area contributed by atoms with Crippen molar-refractivity contribution < 1.29 is 23.1 Å². The molecule has 2 aliphatic rings. The van der Waals surface area contributed by atoms with E-state index >= 15 is 0 Å². The molecule has 2 amide bonds. The van der Waals surface area contributed by atoms with E-state index in [1.807, 2.05) is 0 Å². The molecule has 1 aromatic heterocycles. The molecule has 0 unspecified atom stereocenters. The Balaban J connectivity index is 1.45. The van der Waals surface area contributed by atoms with Gasteiger partial charge in [0.2, 0.25) is 0 Å². The second-order valence-corrected chi connectivity index (χ2v) is 7.13. The number of rotatable bonds is 2. The molecule has 6 nitrogen and oxygen atoms in total. The summed E-state index contributed by atoms with van der Waals surface area (Å²) in [5.41, 5.74) is 0.173. The number of carbonyl (C=O) groups excluding carboxylic acids is 2. The van der Waals surface area contributed by atoms with Gasteiger partial charge >= 0.3 is 0 Å². The highest BCUT2D eigenvalue weighted by Crippen LogP contribution is 2.33. The first-order valence-corrected chi connectivity index (χ1v) is 9.01. The van der Waals surface area contributed by atoms with Crippen LogP contribution in [0.2, 0.25) is 0 Å². The number of furan rings is 1. The second-order valence-electron chi connectivity index (χ2n) is 7.13. The molecule has 2 aromatic rings. The van der Waals surface area contributed by atoms with Gasteiger partial charge in [-0.2, -0.15) is 0 Å². The number of piperidine rings is 1. The molecule has 0 bridgehead atoms. The minimum Gasteiger partial charge on any atom is -0.456 e. The maximum atomic E-state index is 13.2. The third-order valence-electron chi connectivity index (χ3n) is 5.30. The lowest BCUT2D eigenvalue weighted by atomic mass is 9.89. The summed E-state index contributed by atoms with van der Waals surface area (Å²) in [4.78, 5) is 28.2. The number of benzene rings is 1. The van der Waals surface area contributed by atoms with Crippen LogP contribution in [0.4, 0.5) is 10.1 Å². The molecule has 142 valence electrons. The van der Waals surface area contributed by atoms with Crippen LogP contribution in [0.1, 0.15) is 29.2 Å². The molecule has 3 heterocycles. The van der Waals surface area contributed by atoms with Gasteiger partial charge in [0.05, 0.1) is 12.1 Å². The topological polar surface area (TPSA) is 63.0 Å². The number of nitrogens with zero attached hydrogens (tertiary/aromatic N) is 2. The molecule has 0 N–H and O–H groups in total. The lowest BCUT2D eigenvalue weighted by Gasteiger charge is -2.46. The van der Waals surface area contributed by atoms with Crippen LogP contribution in [0.15, 0.2) is 40.8 Å². The summed E-state index contributed by atoms with van der Waals surface area (Å²) in [6.07, 6.45) is 1.26. The normalized spacial score (nSPS) is 19.6. The highest BCUT2D eigenvalue weighted by molar-refractivity contribution is 5.95. The van der Waals surface area contributed by atoms with Crippen molar-refractivity contribution in [1.82, 2.24) is 4.90 Å². The van der Waals surface area contributed by atoms with Crippen molar-refractivity contribution in [2.24, 2.45) is 0 Å². The number of hydrogen-bond acceptors (Lipinski definition) is 4. The summed E-state index contributed by atoms with van der Waals surface area (Å²) >= 11 is 0. The van der Waals surface area contributed by atoms with E-state index < -0.39 is 5.60 Å². The van der Waals surface area contributed by atoms with Crippen LogP contribution in [0.5, 0.6) is 0 Å². The van der Waals surface area contributed by atoms with Gasteiger partial charge in [0.15, 0.2) is 5.76 Å². The van der Waals surface area contributed by atoms with Crippen molar-refractivity contribution in [2.75, 3.05) is 31.1 Å². The highest BCUT2D eigenvalue weighted by Gasteiger charge is 2.43. The zero-order valence-electron chi connectivity index (χ0n) is 15.1. The van der Waals surface area contributed by atoms with E-state index in [-0.39, 0.29) is 24.2 Å². The Morgan fingerprint density at radius 2 is 1.81 bits per heavy atom. The Labute approximate surface area is 156 Å². The summed E-state index contributed by atoms with van der Waals surface area (Å²) in [5, 5.41) is 0. The third kappa shape index (κ3) is 3.47. The van der Waals surface area contributed by atoms with Crippen LogP contribution in [0.3, 0.4) is 0 Å². The molecule has 7 heteroatoms. The van der Waals surface area contributed by atoms with Crippen LogP contribution in [0.25, 0.3) is 0 Å². The Morgan fingerprint density at radius 1 is 1.11 bits per heavy atom. The first kappa shape index (κ1) is 17.7. The number of likely N-dealkylation sites (tertiary alicyclic amines) is 1. The van der Waals surface area contributed by atoms with Crippen molar-refractivity contribution >= 4 is 17.5 Å². The largest absolute Gasteiger partial charge is 0.456 e. The van der Waals surface area contributed by atoms with Gasteiger partial charge in [-0.05, 0) is 56.2 Å². The molecule has 27 heavy (non-hydrogen) atoms. The van der Waals surface area contributed by atoms with Gasteiger partial charge in [-0.3, -0.25) is 9.59 Å². The fourth-order valence-corrected chi connectivity index (χ4v) is 3.70. The molecule has 0 saturated carbocycles. The van der Waals surface area contributed by atoms with Gasteiger partial charge in [0, 0.05) is 18.8 Å². The zero-order chi connectivity index (χ0) is 19.0. The number of morpholine rings is 1. The standard InChI is InChI=1S/C20H21FN2O4/c1-14-2-7-17(27-14)19(25)22-10-8-20(9-11-22)13-23(18(24)12-26-20)16-5-3-15(21)4-6-16/h2-7H,8-13H2,1H3. The molecule has 0 atom stereocenters. The van der Waals surface area contributed by atoms with Crippen LogP contribution in [-0.4, -0.2) is 48.6 Å². The predicted octanol–water partition coefficient (Wildman–Crippen LogP) is 2.77. The number of anilines is 1. The van der Waals surface area contributed by atoms with Crippen molar-refractivity contribution in [3.63, 3.8) is 0 Å². The van der Waals surface area contributed by atoms with Gasteiger partial charge < -0.3 is 19.0 Å². The molecular formula is C20H21FN2O4. The number of carbonyl (C=O) groups is 2. The molecule has 4 rings (SSSR count). The Morgan fingerprint density at radius 3 is 2.44 bits per heavy atom. The fourth-order valence-electron chi connectivity index (χ4n) is 3.70. The first-order valence-electron chi connectivity index (χ1n) is 9.01. The molecule has 1 aromatic carbocycles. The van der Waals surface area contributed by atoms with E-state index in [0.29, 0.717) is 49.7 Å². The lowest BCUT2D eigenvalue weighted by molar-refractivity contribution is -0.143. The molecule has 1 spiro atoms. The van der Waals surface area contributed by atoms with Crippen LogP contribution < -0.4 is 4.90 Å². The van der Waals surface area contributed by atoms with Crippen molar-refractivity contribution in [1.29, 1.82) is 0 Å². The summed E-state index contributed by atoms with van der Waals surface area (Å²) in [7, 11) is 0. The fraction of sp³-hybridized carbons (Fsp3) is 0.400. The SMILES string of the molecule is Cc1ccc(C(=O)N2CCC3(CC2)CN(c2ccc(F)cc2)C(=O)CO3)o1. The highest BCUT2D eigenvalue weighted by atomic mass is 19.1. The Kier molecular flexibility index (Phi) is 4.47. The molecule has 0 radical (unpaired) electrons. The average Bonchev–Trinajstić information content (AvgIpc) is 3.11. The maximum Gasteiger partial charge on any atom is 0.289 e. The van der Waals surface area contributed by atoms with Crippen molar-refractivity contribution in [3.05, 3.63) is 53.7 Å². The number of aryl methyl sites for hydroxylation is 1. The monoisotopic (exact) mass is 372 g/mol. The van der Waals surface area contributed by atoms with Crippen molar-refractivity contribution in [3.8, 4) is 0 Å². The van der Waals surface area contributed by atoms with Gasteiger partial charge in [-0.15, -0.1) is 0 Å². The molecule has 2 fully saturated rings. The first-order chi connectivity index (χ1) is 13.0. The summed E-state index contributed by atoms with van der Waals surface area (Å²) in [6, 6.07) is 9.35. The minimum atomic E-state index is -0.488. The van der Waals surface area contributed by atoms with E-state index in [2.05, 4.69) is 0 Å². The number of halogens is 1. The van der Waals surface area contributed by atoms with Crippen LogP contribution in [-0.2, 0) is 9.53 Å². The second kappa shape index (κ2) is 6.81. The predicted molar refractivity (Wildman–Crippen MR) is 96.0 cm³/mol. The lowest BCUT2D eigenvalue weighted by Crippen LogP contribution is -2.59. The van der Waals surface area contributed by atoms with Crippen LogP contribution >= 0.6 is 0 Å². The average molecular weight is 372 g/mol. The van der Waals surface area contributed by atoms with Gasteiger partial charge in [0.1, 0.15) is 18.2 Å². The van der Waals surface area contributed by atoms with E-state index in [9.17, 15) is 14.0 Å². The maximum absolute atomic E-state index is 13.2. The number of hydrogen-bond donors (Lipinski definition) is 0. The summed E-state index contributed by atoms with van der Waals surface area (Å²) < 4.78 is 24.5. The van der Waals surface area contributed by atoms with Gasteiger partial charge in [0.25, 0.3) is 11.8 Å². The Hall–Kier alpha value is -2.67. The zero-order valence-corrected chi connectivity index (χ0v) is 15.1. The van der Waals surface area contributed by atoms with Crippen LogP contribution in [0, 0.1) is 12.7 Å². The number of amides is 2. The quantitative estimate of drug-likeness (QED) is 0.813. The van der Waals surface area contributed by atoms with E-state index in [0.717, 1.165) is 0 Å². The van der Waals surface area contributed by atoms with Gasteiger partial charge in [-0.25, -0.2) is 4.39 Å². The third-order valence-corrected chi connectivity index (χ3v) is 5.30. The molecule has 2 saturated heterocycles. The van der Waals surface area contributed by atoms with Crippen molar-refractivity contribution in [2.45, 2.75) is 25.4 Å².